The molecule has 0 saturated carbocycles. The smallest absolute Gasteiger partial charge is 0.340 e. The van der Waals surface area contributed by atoms with E-state index in [1.165, 1.54) is 17.5 Å². The van der Waals surface area contributed by atoms with E-state index in [0.29, 0.717) is 45.6 Å². The Labute approximate surface area is 255 Å². The number of urea groups is 1. The summed E-state index contributed by atoms with van der Waals surface area (Å²) >= 11 is 1.43. The molecule has 0 fully saturated rings. The van der Waals surface area contributed by atoms with Gasteiger partial charge in [0.2, 0.25) is 0 Å². The first kappa shape index (κ1) is 29.8. The Hall–Kier alpha value is -5.70. The van der Waals surface area contributed by atoms with Gasteiger partial charge < -0.3 is 19.9 Å². The Morgan fingerprint density at radius 3 is 2.55 bits per heavy atom. The largest absolute Gasteiger partial charge is 0.478 e. The van der Waals surface area contributed by atoms with E-state index in [1.807, 2.05) is 32.6 Å². The highest BCUT2D eigenvalue weighted by atomic mass is 32.1. The highest BCUT2D eigenvalue weighted by molar-refractivity contribution is 7.13. The number of aliphatic carboxylic acids is 1. The van der Waals surface area contributed by atoms with Gasteiger partial charge in [0.1, 0.15) is 16.4 Å². The van der Waals surface area contributed by atoms with Crippen LogP contribution in [0, 0.1) is 0 Å². The van der Waals surface area contributed by atoms with Crippen LogP contribution in [-0.4, -0.2) is 64.2 Å². The van der Waals surface area contributed by atoms with E-state index in [2.05, 4.69) is 30.7 Å². The van der Waals surface area contributed by atoms with Gasteiger partial charge in [-0.2, -0.15) is 5.10 Å². The van der Waals surface area contributed by atoms with Gasteiger partial charge in [-0.3, -0.25) is 19.8 Å². The van der Waals surface area contributed by atoms with Crippen molar-refractivity contribution in [3.05, 3.63) is 78.4 Å². The molecule has 0 spiro atoms. The van der Waals surface area contributed by atoms with Crippen molar-refractivity contribution in [2.75, 3.05) is 16.8 Å². The van der Waals surface area contributed by atoms with Crippen molar-refractivity contribution in [3.8, 4) is 33.1 Å². The minimum absolute atomic E-state index is 0.204. The molecule has 5 rings (SSSR count). The fourth-order valence-corrected chi connectivity index (χ4v) is 5.12. The highest BCUT2D eigenvalue weighted by Gasteiger charge is 2.18. The average molecular weight is 613 g/mol. The molecule has 15 heteroatoms. The molecule has 0 atom stereocenters. The summed E-state index contributed by atoms with van der Waals surface area (Å²) in [7, 11) is 3.66. The Bertz CT molecular complexity index is 1840. The fourth-order valence-electron chi connectivity index (χ4n) is 4.26. The third-order valence-electron chi connectivity index (χ3n) is 6.33. The van der Waals surface area contributed by atoms with E-state index in [4.69, 9.17) is 4.98 Å². The molecule has 2 amide bonds. The van der Waals surface area contributed by atoms with Crippen molar-refractivity contribution in [1.82, 2.24) is 39.6 Å². The quantitative estimate of drug-likeness (QED) is 0.0864. The topological polar surface area (TPSA) is 173 Å². The minimum Gasteiger partial charge on any atom is -0.478 e. The van der Waals surface area contributed by atoms with Crippen molar-refractivity contribution in [2.24, 2.45) is 14.1 Å². The monoisotopic (exact) mass is 612 g/mol. The Morgan fingerprint density at radius 2 is 1.91 bits per heavy atom. The SMILES string of the molecule is CCNC(=O)Nc1cc(-c2nc(-c3cnn(C)c3)cs2)c(-c2ccc(N(C=C(C=O)C(=O)O)Cc3cn(C)cn3)cn2)cn1. The number of carbonyl (C=O) groups is 3. The van der Waals surface area contributed by atoms with E-state index >= 15 is 0 Å². The Morgan fingerprint density at radius 1 is 1.07 bits per heavy atom. The molecular formula is C29H28N10O4S. The zero-order valence-electron chi connectivity index (χ0n) is 24.0. The second-order valence-corrected chi connectivity index (χ2v) is 10.5. The summed E-state index contributed by atoms with van der Waals surface area (Å²) in [4.78, 5) is 55.1. The molecule has 14 nitrogen and oxygen atoms in total. The van der Waals surface area contributed by atoms with Crippen molar-refractivity contribution >= 4 is 41.1 Å². The first-order valence-corrected chi connectivity index (χ1v) is 14.2. The van der Waals surface area contributed by atoms with Gasteiger partial charge in [-0.15, -0.1) is 11.3 Å². The van der Waals surface area contributed by atoms with Crippen LogP contribution in [0.5, 0.6) is 0 Å². The lowest BCUT2D eigenvalue weighted by Crippen LogP contribution is -2.28. The predicted molar refractivity (Wildman–Crippen MR) is 165 cm³/mol. The molecular weight excluding hydrogens is 584 g/mol. The van der Waals surface area contributed by atoms with E-state index in [-0.39, 0.29) is 18.9 Å². The maximum absolute atomic E-state index is 12.2. The summed E-state index contributed by atoms with van der Waals surface area (Å²) in [6, 6.07) is 4.89. The number of carboxylic acids is 1. The number of carboxylic acid groups (broad SMARTS) is 1. The van der Waals surface area contributed by atoms with Gasteiger partial charge in [0, 0.05) is 67.5 Å². The van der Waals surface area contributed by atoms with Crippen LogP contribution in [0.4, 0.5) is 16.3 Å². The number of hydrogen-bond donors (Lipinski definition) is 3. The fraction of sp³-hybridized carbons (Fsp3) is 0.172. The standard InChI is InChI=1S/C29H28N10O4S/c1-4-30-29(43)36-26-7-22(27-35-25(16-44-27)18-8-34-38(3)11-18)23(10-32-26)24-6-5-21(9-31-24)39(12-19(15-40)28(41)42)14-20-13-37(2)17-33-20/h5-13,15-17H,4,14H2,1-3H3,(H,41,42)(H2,30,32,36,43). The van der Waals surface area contributed by atoms with E-state index in [0.717, 1.165) is 11.3 Å². The number of anilines is 2. The first-order chi connectivity index (χ1) is 21.2. The second-order valence-electron chi connectivity index (χ2n) is 9.61. The maximum Gasteiger partial charge on any atom is 0.340 e. The molecule has 3 N–H and O–H groups in total. The molecule has 0 radical (unpaired) electrons. The third kappa shape index (κ3) is 6.84. The summed E-state index contributed by atoms with van der Waals surface area (Å²) in [6.07, 6.45) is 11.8. The zero-order chi connectivity index (χ0) is 31.2. The van der Waals surface area contributed by atoms with Gasteiger partial charge in [0.05, 0.1) is 48.0 Å². The molecule has 0 aliphatic carbocycles. The number of nitrogens with one attached hydrogen (secondary N) is 2. The van der Waals surface area contributed by atoms with Gasteiger partial charge in [-0.05, 0) is 25.1 Å². The molecule has 0 aliphatic heterocycles. The molecule has 224 valence electrons. The van der Waals surface area contributed by atoms with Crippen molar-refractivity contribution in [2.45, 2.75) is 13.5 Å². The molecule has 0 aromatic carbocycles. The summed E-state index contributed by atoms with van der Waals surface area (Å²) in [5.74, 6) is -1.01. The van der Waals surface area contributed by atoms with Gasteiger partial charge in [0.25, 0.3) is 0 Å². The van der Waals surface area contributed by atoms with E-state index in [9.17, 15) is 19.5 Å². The molecule has 44 heavy (non-hydrogen) atoms. The lowest BCUT2D eigenvalue weighted by molar-refractivity contribution is -0.133. The number of thiazole rings is 1. The lowest BCUT2D eigenvalue weighted by Gasteiger charge is -2.20. The summed E-state index contributed by atoms with van der Waals surface area (Å²) in [5, 5.41) is 21.7. The Balaban J connectivity index is 1.53. The lowest BCUT2D eigenvalue weighted by atomic mass is 10.1. The van der Waals surface area contributed by atoms with Crippen LogP contribution in [0.2, 0.25) is 0 Å². The molecule has 0 bridgehead atoms. The van der Waals surface area contributed by atoms with E-state index < -0.39 is 11.5 Å². The number of rotatable bonds is 11. The number of aromatic nitrogens is 7. The normalized spacial score (nSPS) is 11.3. The van der Waals surface area contributed by atoms with Crippen LogP contribution in [0.25, 0.3) is 33.1 Å². The summed E-state index contributed by atoms with van der Waals surface area (Å²) in [6.45, 7) is 2.48. The second kappa shape index (κ2) is 13.1. The number of hydrogen-bond acceptors (Lipinski definition) is 10. The number of carbonyl (C=O) groups excluding carboxylic acids is 2. The number of nitrogens with zero attached hydrogens (tertiary/aromatic N) is 8. The van der Waals surface area contributed by atoms with Crippen molar-refractivity contribution in [3.63, 3.8) is 0 Å². The number of aryl methyl sites for hydroxylation is 2. The number of imidazole rings is 1. The first-order valence-electron chi connectivity index (χ1n) is 13.3. The molecule has 5 aromatic rings. The maximum atomic E-state index is 12.2. The molecule has 5 heterocycles. The van der Waals surface area contributed by atoms with Crippen molar-refractivity contribution in [1.29, 1.82) is 0 Å². The van der Waals surface area contributed by atoms with Crippen LogP contribution in [0.15, 0.2) is 72.7 Å². The number of amides is 2. The van der Waals surface area contributed by atoms with Crippen LogP contribution in [-0.2, 0) is 30.2 Å². The van der Waals surface area contributed by atoms with Gasteiger partial charge >= 0.3 is 12.0 Å². The van der Waals surface area contributed by atoms with Crippen LogP contribution in [0.3, 0.4) is 0 Å². The van der Waals surface area contributed by atoms with Gasteiger partial charge in [-0.25, -0.2) is 24.5 Å². The molecule has 5 aromatic heterocycles. The Kier molecular flexibility index (Phi) is 8.85. The molecule has 0 unspecified atom stereocenters. The van der Waals surface area contributed by atoms with E-state index in [1.54, 1.807) is 63.5 Å². The molecule has 0 saturated heterocycles. The molecule has 0 aliphatic rings. The van der Waals surface area contributed by atoms with Crippen molar-refractivity contribution < 1.29 is 19.5 Å². The summed E-state index contributed by atoms with van der Waals surface area (Å²) < 4.78 is 3.47. The number of aldehydes is 1. The minimum atomic E-state index is -1.35. The van der Waals surface area contributed by atoms with Crippen LogP contribution < -0.4 is 15.5 Å². The van der Waals surface area contributed by atoms with Crippen LogP contribution >= 0.6 is 11.3 Å². The van der Waals surface area contributed by atoms with Gasteiger partial charge in [-0.1, -0.05) is 0 Å². The van der Waals surface area contributed by atoms with Crippen LogP contribution in [0.1, 0.15) is 12.6 Å². The third-order valence-corrected chi connectivity index (χ3v) is 7.21. The summed E-state index contributed by atoms with van der Waals surface area (Å²) in [5.41, 5.74) is 4.34. The number of pyridine rings is 2. The predicted octanol–water partition coefficient (Wildman–Crippen LogP) is 3.72. The average Bonchev–Trinajstić information content (AvgIpc) is 3.76. The highest BCUT2D eigenvalue weighted by Crippen LogP contribution is 2.36. The zero-order valence-corrected chi connectivity index (χ0v) is 24.8. The van der Waals surface area contributed by atoms with Gasteiger partial charge in [0.15, 0.2) is 6.29 Å².